The van der Waals surface area contributed by atoms with E-state index >= 15 is 0 Å². The third-order valence-electron chi connectivity index (χ3n) is 2.98. The lowest BCUT2D eigenvalue weighted by Gasteiger charge is -2.28. The van der Waals surface area contributed by atoms with Gasteiger partial charge in [-0.3, -0.25) is 0 Å². The zero-order valence-electron chi connectivity index (χ0n) is 15.2. The Kier molecular flexibility index (Phi) is 6.51. The third-order valence-corrected chi connectivity index (χ3v) is 2.98. The summed E-state index contributed by atoms with van der Waals surface area (Å²) < 4.78 is 59.4. The molecule has 0 bridgehead atoms. The van der Waals surface area contributed by atoms with Crippen LogP contribution >= 0.6 is 0 Å². The van der Waals surface area contributed by atoms with Crippen LogP contribution in [0.15, 0.2) is 18.2 Å². The van der Waals surface area contributed by atoms with Crippen molar-refractivity contribution >= 4 is 6.09 Å². The second-order valence-electron chi connectivity index (χ2n) is 7.45. The van der Waals surface area contributed by atoms with Crippen LogP contribution < -0.4 is 10.1 Å². The molecule has 0 saturated heterocycles. The first-order valence-electron chi connectivity index (χ1n) is 7.83. The Balaban J connectivity index is 3.07. The van der Waals surface area contributed by atoms with Crippen molar-refractivity contribution in [2.75, 3.05) is 0 Å². The van der Waals surface area contributed by atoms with Gasteiger partial charge in [-0.1, -0.05) is 6.07 Å². The molecule has 5 nitrogen and oxygen atoms in total. The van der Waals surface area contributed by atoms with Crippen molar-refractivity contribution in [3.63, 3.8) is 0 Å². The molecule has 0 heterocycles. The smallest absolute Gasteiger partial charge is 0.444 e. The van der Waals surface area contributed by atoms with Gasteiger partial charge in [0.05, 0.1) is 11.6 Å². The van der Waals surface area contributed by atoms with E-state index in [2.05, 4.69) is 10.1 Å². The molecule has 0 aliphatic heterocycles. The molecule has 1 aromatic carbocycles. The maximum atomic E-state index is 14.0. The number of amides is 1. The molecule has 9 heteroatoms. The number of rotatable bonds is 5. The zero-order chi connectivity index (χ0) is 20.3. The Labute approximate surface area is 149 Å². The Bertz CT molecular complexity index is 633. The van der Waals surface area contributed by atoms with Gasteiger partial charge in [-0.25, -0.2) is 9.18 Å². The summed E-state index contributed by atoms with van der Waals surface area (Å²) in [5, 5.41) is 12.5. The second-order valence-corrected chi connectivity index (χ2v) is 7.45. The van der Waals surface area contributed by atoms with Crippen LogP contribution in [0.2, 0.25) is 0 Å². The lowest BCUT2D eigenvalue weighted by molar-refractivity contribution is -0.275. The van der Waals surface area contributed by atoms with Gasteiger partial charge in [0.1, 0.15) is 5.60 Å². The first-order valence-corrected chi connectivity index (χ1v) is 7.83. The van der Waals surface area contributed by atoms with E-state index in [0.29, 0.717) is 0 Å². The van der Waals surface area contributed by atoms with Crippen LogP contribution in [-0.4, -0.2) is 28.8 Å². The highest BCUT2D eigenvalue weighted by Gasteiger charge is 2.33. The third kappa shape index (κ3) is 8.37. The van der Waals surface area contributed by atoms with E-state index in [-0.39, 0.29) is 12.0 Å². The highest BCUT2D eigenvalue weighted by Crippen LogP contribution is 2.30. The topological polar surface area (TPSA) is 67.8 Å². The molecule has 0 aliphatic carbocycles. The number of nitrogens with one attached hydrogen (secondary N) is 1. The van der Waals surface area contributed by atoms with Crippen molar-refractivity contribution in [2.45, 2.75) is 64.6 Å². The fourth-order valence-corrected chi connectivity index (χ4v) is 2.14. The first-order chi connectivity index (χ1) is 11.6. The van der Waals surface area contributed by atoms with Gasteiger partial charge in [0.2, 0.25) is 0 Å². The largest absolute Gasteiger partial charge is 0.573 e. The van der Waals surface area contributed by atoms with Crippen LogP contribution in [0.1, 0.15) is 52.6 Å². The van der Waals surface area contributed by atoms with Crippen molar-refractivity contribution in [1.29, 1.82) is 0 Å². The number of hydrogen-bond acceptors (Lipinski definition) is 4. The van der Waals surface area contributed by atoms with Crippen LogP contribution in [0.25, 0.3) is 0 Å². The quantitative estimate of drug-likeness (QED) is 0.740. The number of alkyl carbamates (subject to hydrolysis) is 1. The summed E-state index contributed by atoms with van der Waals surface area (Å²) in [4.78, 5) is 12.0. The number of halogens is 4. The number of alkyl halides is 3. The summed E-state index contributed by atoms with van der Waals surface area (Å²) in [6, 6.07) is 1.92. The van der Waals surface area contributed by atoms with Crippen molar-refractivity contribution in [2.24, 2.45) is 0 Å². The monoisotopic (exact) mass is 381 g/mol. The van der Waals surface area contributed by atoms with Crippen LogP contribution in [0.3, 0.4) is 0 Å². The minimum Gasteiger partial charge on any atom is -0.444 e. The minimum atomic E-state index is -5.02. The minimum absolute atomic E-state index is 0.0227. The van der Waals surface area contributed by atoms with E-state index in [9.17, 15) is 27.5 Å². The summed E-state index contributed by atoms with van der Waals surface area (Å²) >= 11 is 0. The Hall–Kier alpha value is -2.03. The molecule has 26 heavy (non-hydrogen) atoms. The molecule has 0 fully saturated rings. The molecular formula is C17H23F4NO4. The van der Waals surface area contributed by atoms with E-state index in [1.165, 1.54) is 19.9 Å². The van der Waals surface area contributed by atoms with E-state index in [4.69, 9.17) is 4.74 Å². The summed E-state index contributed by atoms with van der Waals surface area (Å²) in [5.74, 6) is -2.23. The average Bonchev–Trinajstić information content (AvgIpc) is 2.35. The number of benzene rings is 1. The molecule has 2 N–H and O–H groups in total. The molecule has 1 atom stereocenters. The van der Waals surface area contributed by atoms with Gasteiger partial charge in [-0.15, -0.1) is 13.2 Å². The van der Waals surface area contributed by atoms with Gasteiger partial charge in [-0.05, 0) is 52.3 Å². The highest BCUT2D eigenvalue weighted by atomic mass is 19.4. The maximum Gasteiger partial charge on any atom is 0.573 e. The summed E-state index contributed by atoms with van der Waals surface area (Å²) in [6.07, 6.45) is -5.85. The molecule has 1 amide bonds. The van der Waals surface area contributed by atoms with Crippen molar-refractivity contribution in [3.05, 3.63) is 29.6 Å². The molecule has 1 unspecified atom stereocenters. The lowest BCUT2D eigenvalue weighted by atomic mass is 9.94. The number of carbonyl (C=O) groups excluding carboxylic acids is 1. The van der Waals surface area contributed by atoms with E-state index in [0.717, 1.165) is 12.1 Å². The Morgan fingerprint density at radius 2 is 1.77 bits per heavy atom. The number of ether oxygens (including phenoxy) is 2. The van der Waals surface area contributed by atoms with Crippen molar-refractivity contribution < 1.29 is 36.9 Å². The molecule has 1 rings (SSSR count). The zero-order valence-corrected chi connectivity index (χ0v) is 15.2. The Morgan fingerprint density at radius 3 is 2.19 bits per heavy atom. The second kappa shape index (κ2) is 7.69. The van der Waals surface area contributed by atoms with Crippen LogP contribution in [0.4, 0.5) is 22.4 Å². The van der Waals surface area contributed by atoms with Crippen LogP contribution in [0.5, 0.6) is 5.75 Å². The van der Waals surface area contributed by atoms with E-state index < -0.39 is 41.3 Å². The summed E-state index contributed by atoms with van der Waals surface area (Å²) in [5.41, 5.74) is -1.86. The van der Waals surface area contributed by atoms with Crippen molar-refractivity contribution in [1.82, 2.24) is 5.32 Å². The molecule has 0 aliphatic rings. The fourth-order valence-electron chi connectivity index (χ4n) is 2.14. The highest BCUT2D eigenvalue weighted by molar-refractivity contribution is 5.68. The molecule has 0 radical (unpaired) electrons. The SMILES string of the molecule is CC(C)(O)CC(NC(=O)OC(C)(C)C)c1ccc(OC(F)(F)F)c(F)c1. The molecule has 0 aromatic heterocycles. The van der Waals surface area contributed by atoms with Gasteiger partial charge in [0.25, 0.3) is 0 Å². The molecule has 1 aromatic rings. The molecule has 0 saturated carbocycles. The van der Waals surface area contributed by atoms with Crippen LogP contribution in [-0.2, 0) is 4.74 Å². The molecule has 0 spiro atoms. The predicted molar refractivity (Wildman–Crippen MR) is 86.1 cm³/mol. The molecular weight excluding hydrogens is 358 g/mol. The first kappa shape index (κ1) is 22.0. The van der Waals surface area contributed by atoms with Gasteiger partial charge in [-0.2, -0.15) is 0 Å². The van der Waals surface area contributed by atoms with E-state index in [1.54, 1.807) is 20.8 Å². The number of carbonyl (C=O) groups is 1. The van der Waals surface area contributed by atoms with Crippen LogP contribution in [0, 0.1) is 5.82 Å². The summed E-state index contributed by atoms with van der Waals surface area (Å²) in [7, 11) is 0. The summed E-state index contributed by atoms with van der Waals surface area (Å²) in [6.45, 7) is 7.92. The lowest BCUT2D eigenvalue weighted by Crippen LogP contribution is -2.38. The van der Waals surface area contributed by atoms with Gasteiger partial charge < -0.3 is 19.9 Å². The van der Waals surface area contributed by atoms with Gasteiger partial charge >= 0.3 is 12.5 Å². The van der Waals surface area contributed by atoms with E-state index in [1.807, 2.05) is 0 Å². The normalized spacial score (nSPS) is 13.9. The Morgan fingerprint density at radius 1 is 1.19 bits per heavy atom. The predicted octanol–water partition coefficient (Wildman–Crippen LogP) is 4.45. The standard InChI is InChI=1S/C17H23F4NO4/c1-15(2,3)26-14(23)22-12(9-16(4,5)24)10-6-7-13(11(18)8-10)25-17(19,20)21/h6-8,12,24H,9H2,1-5H3,(H,22,23). The van der Waals surface area contributed by atoms with Gasteiger partial charge in [0.15, 0.2) is 11.6 Å². The molecule has 148 valence electrons. The maximum absolute atomic E-state index is 14.0. The van der Waals surface area contributed by atoms with Gasteiger partial charge in [0, 0.05) is 6.42 Å². The number of hydrogen-bond donors (Lipinski definition) is 2. The fraction of sp³-hybridized carbons (Fsp3) is 0.588. The number of aliphatic hydroxyl groups is 1. The average molecular weight is 381 g/mol. The van der Waals surface area contributed by atoms with Crippen molar-refractivity contribution in [3.8, 4) is 5.75 Å².